The Bertz CT molecular complexity index is 1980. The average Bonchev–Trinajstić information content (AvgIpc) is 0.885. The van der Waals surface area contributed by atoms with Gasteiger partial charge >= 0.3 is 25.8 Å². The number of hydrogen-bond acceptors (Lipinski definition) is 20. The predicted octanol–water partition coefficient (Wildman–Crippen LogP) is 32.3. The van der Waals surface area contributed by atoms with Crippen LogP contribution in [0.15, 0.2) is 0 Å². The molecule has 0 saturated heterocycles. The second-order valence-corrected chi connectivity index (χ2v) is 40.4. The van der Waals surface area contributed by atoms with Gasteiger partial charge in [0, 0.05) is 49.6 Å². The van der Waals surface area contributed by atoms with E-state index >= 15 is 0 Å². The van der Waals surface area contributed by atoms with Crippen molar-refractivity contribution in [2.45, 2.75) is 672 Å². The van der Waals surface area contributed by atoms with Crippen molar-refractivity contribution >= 4 is 23.9 Å². The van der Waals surface area contributed by atoms with E-state index in [1.165, 1.54) is 257 Å². The maximum Gasteiger partial charge on any atom is 4.00 e. The molecule has 141 heavy (non-hydrogen) atoms. The molecule has 0 aromatic rings. The molecule has 0 rings (SSSR count). The second-order valence-electron chi connectivity index (χ2n) is 40.4. The Balaban J connectivity index is -0.000000582. The molecule has 0 spiro atoms. The van der Waals surface area contributed by atoms with Crippen LogP contribution in [0.1, 0.15) is 648 Å². The molecule has 840 valence electrons. The van der Waals surface area contributed by atoms with Gasteiger partial charge in [0.2, 0.25) is 0 Å². The van der Waals surface area contributed by atoms with E-state index in [0.29, 0.717) is 79.3 Å². The first-order valence-corrected chi connectivity index (χ1v) is 60.9. The molecule has 0 aliphatic carbocycles. The van der Waals surface area contributed by atoms with Gasteiger partial charge in [0.15, 0.2) is 0 Å². The Morgan fingerprint density at radius 2 is 0.213 bits per heavy atom. The maximum atomic E-state index is 10.4. The molecule has 0 amide bonds. The monoisotopic (exact) mass is 2180 g/mol. The summed E-state index contributed by atoms with van der Waals surface area (Å²) in [4.78, 5) is 41.5. The van der Waals surface area contributed by atoms with Crippen molar-refractivity contribution in [2.75, 3.05) is 79.3 Å². The fourth-order valence-electron chi connectivity index (χ4n) is 16.8. The standard InChI is InChI=1S/4C30H60O5.Hf/c4*1-4-7-26-33-30(34-27-8-5-2,35-28-9-6-3)25-23-21-19-17-15-13-11-10-12-14-16-18-20-22-24-29(31)32;/h4*4-28H2,1-3H3,(H,31,32);/q;;;;+4/p-4. The van der Waals surface area contributed by atoms with Gasteiger partial charge < -0.3 is 96.4 Å². The van der Waals surface area contributed by atoms with Crippen molar-refractivity contribution in [3.8, 4) is 0 Å². The van der Waals surface area contributed by atoms with Gasteiger partial charge in [-0.3, -0.25) is 0 Å². The Labute approximate surface area is 891 Å². The molecule has 0 N–H and O–H groups in total. The summed E-state index contributed by atoms with van der Waals surface area (Å²) >= 11 is 0. The van der Waals surface area contributed by atoms with Gasteiger partial charge in [-0.2, -0.15) is 0 Å². The topological polar surface area (TPSA) is 271 Å². The number of carbonyl (C=O) groups excluding carboxylic acids is 4. The van der Waals surface area contributed by atoms with Crippen LogP contribution in [0.2, 0.25) is 0 Å². The van der Waals surface area contributed by atoms with Crippen LogP contribution in [0.4, 0.5) is 0 Å². The summed E-state index contributed by atoms with van der Waals surface area (Å²) in [6.07, 6.45) is 98.3. The molecule has 0 aliphatic heterocycles. The molecule has 0 atom stereocenters. The minimum absolute atomic E-state index is 0. The Kier molecular flexibility index (Phi) is 128. The van der Waals surface area contributed by atoms with E-state index in [9.17, 15) is 39.6 Å². The van der Waals surface area contributed by atoms with E-state index in [0.717, 1.165) is 283 Å². The van der Waals surface area contributed by atoms with Gasteiger partial charge in [-0.05, 0) is 154 Å². The van der Waals surface area contributed by atoms with E-state index < -0.39 is 47.8 Å². The van der Waals surface area contributed by atoms with Gasteiger partial charge in [-0.1, -0.05) is 468 Å². The first kappa shape index (κ1) is 148. The normalized spacial score (nSPS) is 11.8. The summed E-state index contributed by atoms with van der Waals surface area (Å²) in [5.41, 5.74) is 0. The number of aliphatic carboxylic acids is 4. The number of unbranched alkanes of at least 4 members (excludes halogenated alkanes) is 64. The van der Waals surface area contributed by atoms with Crippen LogP contribution < -0.4 is 20.4 Å². The molecule has 0 heterocycles. The van der Waals surface area contributed by atoms with E-state index in [4.69, 9.17) is 56.8 Å². The number of ether oxygens (including phenoxy) is 12. The number of carboxylic acid groups (broad SMARTS) is 4. The fourth-order valence-corrected chi connectivity index (χ4v) is 16.8. The zero-order valence-electron chi connectivity index (χ0n) is 95.4. The minimum Gasteiger partial charge on any atom is -0.550 e. The first-order chi connectivity index (χ1) is 68.4. The first-order valence-electron chi connectivity index (χ1n) is 60.9. The summed E-state index contributed by atoms with van der Waals surface area (Å²) in [5, 5.41) is 41.5. The summed E-state index contributed by atoms with van der Waals surface area (Å²) in [5.74, 6) is -7.02. The number of carboxylic acids is 4. The molecule has 21 heteroatoms. The molecular weight excluding hydrogens is 1940 g/mol. The van der Waals surface area contributed by atoms with Crippen LogP contribution in [0.25, 0.3) is 0 Å². The molecule has 0 aromatic carbocycles. The van der Waals surface area contributed by atoms with Gasteiger partial charge in [0.1, 0.15) is 0 Å². The van der Waals surface area contributed by atoms with E-state index in [1.54, 1.807) is 0 Å². The summed E-state index contributed by atoms with van der Waals surface area (Å²) in [7, 11) is 0. The summed E-state index contributed by atoms with van der Waals surface area (Å²) in [6.45, 7) is 34.7. The van der Waals surface area contributed by atoms with E-state index in [1.807, 2.05) is 0 Å². The van der Waals surface area contributed by atoms with Gasteiger partial charge in [0.25, 0.3) is 23.9 Å². The predicted molar refractivity (Wildman–Crippen MR) is 577 cm³/mol. The minimum atomic E-state index is -0.914. The Hall–Kier alpha value is -1.73. The maximum absolute atomic E-state index is 10.4. The Morgan fingerprint density at radius 3 is 0.291 bits per heavy atom. The molecule has 0 radical (unpaired) electrons. The van der Waals surface area contributed by atoms with Crippen molar-refractivity contribution in [1.29, 1.82) is 0 Å². The SMILES string of the molecule is CCCCOC(CCCCCCCCCCCCCCCCC(=O)[O-])(OCCCC)OCCCC.CCCCOC(CCCCCCCCCCCCCCCCC(=O)[O-])(OCCCC)OCCCC.CCCCOC(CCCCCCCCCCCCCCCCC(=O)[O-])(OCCCC)OCCCC.CCCCOC(CCCCCCCCCCCCCCCCC(=O)[O-])(OCCCC)OCCCC.[Hf+4]. The van der Waals surface area contributed by atoms with Crippen LogP contribution in [0.3, 0.4) is 0 Å². The largest absolute Gasteiger partial charge is 4.00 e. The third-order valence-electron chi connectivity index (χ3n) is 26.3. The van der Waals surface area contributed by atoms with Crippen molar-refractivity contribution in [2.24, 2.45) is 0 Å². The van der Waals surface area contributed by atoms with E-state index in [2.05, 4.69) is 83.1 Å². The molecule has 0 fully saturated rings. The van der Waals surface area contributed by atoms with Crippen molar-refractivity contribution < 1.29 is 122 Å². The zero-order chi connectivity index (χ0) is 104. The number of hydrogen-bond donors (Lipinski definition) is 0. The van der Waals surface area contributed by atoms with E-state index in [-0.39, 0.29) is 51.5 Å². The smallest absolute Gasteiger partial charge is 0.550 e. The van der Waals surface area contributed by atoms with Gasteiger partial charge in [0.05, 0.1) is 79.3 Å². The third-order valence-corrected chi connectivity index (χ3v) is 26.3. The molecular formula is C120H236HfO20. The number of rotatable bonds is 116. The molecule has 0 aliphatic rings. The zero-order valence-corrected chi connectivity index (χ0v) is 99.0. The molecule has 0 saturated carbocycles. The van der Waals surface area contributed by atoms with Crippen molar-refractivity contribution in [1.82, 2.24) is 0 Å². The van der Waals surface area contributed by atoms with Crippen LogP contribution in [0, 0.1) is 0 Å². The van der Waals surface area contributed by atoms with Crippen LogP contribution >= 0.6 is 0 Å². The number of carbonyl (C=O) groups is 4. The molecule has 0 aromatic heterocycles. The van der Waals surface area contributed by atoms with Gasteiger partial charge in [-0.25, -0.2) is 0 Å². The van der Waals surface area contributed by atoms with Gasteiger partial charge in [-0.15, -0.1) is 0 Å². The second kappa shape index (κ2) is 122. The molecule has 0 bridgehead atoms. The van der Waals surface area contributed by atoms with Crippen molar-refractivity contribution in [3.63, 3.8) is 0 Å². The van der Waals surface area contributed by atoms with Crippen LogP contribution in [-0.4, -0.2) is 127 Å². The Morgan fingerprint density at radius 1 is 0.135 bits per heavy atom. The average molecular weight is 2180 g/mol. The summed E-state index contributed by atoms with van der Waals surface area (Å²) in [6, 6.07) is 0. The van der Waals surface area contributed by atoms with Crippen LogP contribution in [-0.2, 0) is 102 Å². The third kappa shape index (κ3) is 114. The van der Waals surface area contributed by atoms with Crippen molar-refractivity contribution in [3.05, 3.63) is 0 Å². The van der Waals surface area contributed by atoms with Crippen LogP contribution in [0.5, 0.6) is 0 Å². The molecule has 20 nitrogen and oxygen atoms in total. The fraction of sp³-hybridized carbons (Fsp3) is 0.967. The molecule has 0 unspecified atom stereocenters. The quantitative estimate of drug-likeness (QED) is 0.0311. The summed E-state index contributed by atoms with van der Waals surface area (Å²) < 4.78 is 74.7.